The molecular formula is C33H29Cl2F2N3O4. The van der Waals surface area contributed by atoms with Crippen molar-refractivity contribution in [3.05, 3.63) is 98.7 Å². The maximum atomic E-state index is 16.0. The van der Waals surface area contributed by atoms with E-state index >= 15 is 8.78 Å². The fraction of sp³-hybridized carbons (Fsp3) is 0.303. The minimum Gasteiger partial charge on any atom is -0.495 e. The van der Waals surface area contributed by atoms with E-state index in [9.17, 15) is 14.9 Å². The van der Waals surface area contributed by atoms with Crippen LogP contribution in [0.15, 0.2) is 60.3 Å². The summed E-state index contributed by atoms with van der Waals surface area (Å²) in [7, 11) is 2.66. The van der Waals surface area contributed by atoms with Gasteiger partial charge in [0, 0.05) is 21.7 Å². The Bertz CT molecular complexity index is 1760. The second kappa shape index (κ2) is 11.4. The second-order valence-corrected chi connectivity index (χ2v) is 12.7. The van der Waals surface area contributed by atoms with E-state index in [1.54, 1.807) is 11.0 Å². The molecule has 0 bridgehead atoms. The Morgan fingerprint density at radius 3 is 2.45 bits per heavy atom. The Morgan fingerprint density at radius 1 is 1.11 bits per heavy atom. The van der Waals surface area contributed by atoms with E-state index in [0.717, 1.165) is 6.07 Å². The zero-order valence-corrected chi connectivity index (χ0v) is 26.2. The molecule has 0 radical (unpaired) electrons. The van der Waals surface area contributed by atoms with Crippen LogP contribution in [-0.4, -0.2) is 43.7 Å². The van der Waals surface area contributed by atoms with Gasteiger partial charge in [-0.1, -0.05) is 62.2 Å². The van der Waals surface area contributed by atoms with E-state index < -0.39 is 40.4 Å². The van der Waals surface area contributed by atoms with Crippen molar-refractivity contribution in [2.45, 2.75) is 38.6 Å². The molecule has 2 heterocycles. The lowest BCUT2D eigenvalue weighted by Gasteiger charge is -2.40. The number of nitriles is 1. The fourth-order valence-corrected chi connectivity index (χ4v) is 6.49. The zero-order chi connectivity index (χ0) is 32.1. The van der Waals surface area contributed by atoms with Gasteiger partial charge in [0.05, 0.1) is 49.3 Å². The Kier molecular flexibility index (Phi) is 8.12. The predicted molar refractivity (Wildman–Crippen MR) is 163 cm³/mol. The van der Waals surface area contributed by atoms with Gasteiger partial charge in [-0.25, -0.2) is 13.6 Å². The molecular weight excluding hydrogens is 611 g/mol. The van der Waals surface area contributed by atoms with Crippen LogP contribution in [0.2, 0.25) is 10.0 Å². The molecule has 2 aliphatic rings. The number of benzene rings is 3. The molecule has 1 amide bonds. The topological polar surface area (TPSA) is 82.9 Å². The number of esters is 1. The summed E-state index contributed by atoms with van der Waals surface area (Å²) in [5.74, 6) is -2.52. The number of anilines is 1. The van der Waals surface area contributed by atoms with Gasteiger partial charge in [-0.3, -0.25) is 9.69 Å². The first-order valence-corrected chi connectivity index (χ1v) is 14.5. The normalized spacial score (nSPS) is 19.7. The first-order valence-electron chi connectivity index (χ1n) is 13.7. The summed E-state index contributed by atoms with van der Waals surface area (Å²) in [6, 6.07) is 14.3. The van der Waals surface area contributed by atoms with Crippen molar-refractivity contribution in [1.29, 1.82) is 5.26 Å². The van der Waals surface area contributed by atoms with Gasteiger partial charge in [0.25, 0.3) is 5.91 Å². The number of fused-ring (bicyclic) bond motifs is 1. The minimum absolute atomic E-state index is 0.00752. The molecule has 44 heavy (non-hydrogen) atoms. The van der Waals surface area contributed by atoms with Crippen LogP contribution in [0.5, 0.6) is 5.75 Å². The van der Waals surface area contributed by atoms with Gasteiger partial charge in [-0.05, 0) is 48.2 Å². The fourth-order valence-electron chi connectivity index (χ4n) is 6.16. The highest BCUT2D eigenvalue weighted by Gasteiger charge is 2.61. The van der Waals surface area contributed by atoms with Crippen molar-refractivity contribution in [3.63, 3.8) is 0 Å². The van der Waals surface area contributed by atoms with Crippen molar-refractivity contribution >= 4 is 46.3 Å². The molecule has 0 unspecified atom stereocenters. The Balaban J connectivity index is 1.83. The molecule has 5 rings (SSSR count). The molecule has 11 heteroatoms. The van der Waals surface area contributed by atoms with E-state index in [0.29, 0.717) is 12.1 Å². The van der Waals surface area contributed by atoms with Crippen molar-refractivity contribution < 1.29 is 27.8 Å². The van der Waals surface area contributed by atoms with E-state index in [1.165, 1.54) is 61.6 Å². The summed E-state index contributed by atoms with van der Waals surface area (Å²) in [6.45, 7) is 5.84. The number of ether oxygens (including phenoxy) is 2. The largest absolute Gasteiger partial charge is 0.495 e. The summed E-state index contributed by atoms with van der Waals surface area (Å²) in [5.41, 5.74) is -1.77. The van der Waals surface area contributed by atoms with Crippen LogP contribution in [0.1, 0.15) is 48.7 Å². The van der Waals surface area contributed by atoms with Crippen LogP contribution in [0.4, 0.5) is 14.5 Å². The molecule has 0 aromatic heterocycles. The average Bonchev–Trinajstić information content (AvgIpc) is 3.44. The Hall–Kier alpha value is -4.13. The number of amides is 1. The summed E-state index contributed by atoms with van der Waals surface area (Å²) in [6.07, 6.45) is 0.317. The Morgan fingerprint density at radius 2 is 1.84 bits per heavy atom. The number of hydrogen-bond donors (Lipinski definition) is 0. The average molecular weight is 641 g/mol. The van der Waals surface area contributed by atoms with E-state index in [-0.39, 0.29) is 50.4 Å². The van der Waals surface area contributed by atoms with Crippen molar-refractivity contribution in [3.8, 4) is 11.8 Å². The number of halogens is 4. The standard InChI is InChI=1S/C33H29Cl2F2N3O4/c1-32(2,3)15-26-33(16-38,21-11-10-19(34)14-23(21)36)27(20-7-6-8-22(35)28(20)37)29-30(41)39(17-40(26)29)24-12-9-18(31(42)44-5)13-25(24)43-4/h6-14,26H,15,17H2,1-5H3/t26-,33-/m0/s1. The van der Waals surface area contributed by atoms with Crippen LogP contribution in [0, 0.1) is 28.4 Å². The third-order valence-corrected chi connectivity index (χ3v) is 8.51. The van der Waals surface area contributed by atoms with E-state index in [4.69, 9.17) is 32.7 Å². The molecule has 0 N–H and O–H groups in total. The highest BCUT2D eigenvalue weighted by molar-refractivity contribution is 6.31. The van der Waals surface area contributed by atoms with Gasteiger partial charge < -0.3 is 14.4 Å². The molecule has 228 valence electrons. The molecule has 3 aromatic rings. The van der Waals surface area contributed by atoms with Crippen LogP contribution in [0.3, 0.4) is 0 Å². The summed E-state index contributed by atoms with van der Waals surface area (Å²) in [4.78, 5) is 29.8. The number of nitrogens with zero attached hydrogens (tertiary/aromatic N) is 3. The van der Waals surface area contributed by atoms with E-state index in [1.807, 2.05) is 20.8 Å². The van der Waals surface area contributed by atoms with Gasteiger partial charge >= 0.3 is 5.97 Å². The summed E-state index contributed by atoms with van der Waals surface area (Å²) in [5, 5.41) is 11.0. The van der Waals surface area contributed by atoms with Crippen molar-refractivity contribution in [2.24, 2.45) is 5.41 Å². The lowest BCUT2D eigenvalue weighted by molar-refractivity contribution is -0.114. The molecule has 2 aliphatic heterocycles. The van der Waals surface area contributed by atoms with Crippen molar-refractivity contribution in [1.82, 2.24) is 4.90 Å². The highest BCUT2D eigenvalue weighted by atomic mass is 35.5. The van der Waals surface area contributed by atoms with Crippen molar-refractivity contribution in [2.75, 3.05) is 25.8 Å². The number of rotatable bonds is 6. The highest BCUT2D eigenvalue weighted by Crippen LogP contribution is 2.57. The molecule has 3 aromatic carbocycles. The molecule has 2 atom stereocenters. The lowest BCUT2D eigenvalue weighted by atomic mass is 9.65. The third-order valence-electron chi connectivity index (χ3n) is 7.99. The monoisotopic (exact) mass is 639 g/mol. The number of carbonyl (C=O) groups is 2. The quantitative estimate of drug-likeness (QED) is 0.262. The first-order chi connectivity index (χ1) is 20.8. The van der Waals surface area contributed by atoms with Crippen LogP contribution >= 0.6 is 23.2 Å². The predicted octanol–water partition coefficient (Wildman–Crippen LogP) is 7.36. The first kappa shape index (κ1) is 31.3. The molecule has 7 nitrogen and oxygen atoms in total. The number of methoxy groups -OCH3 is 2. The Labute approximate surface area is 264 Å². The lowest BCUT2D eigenvalue weighted by Crippen LogP contribution is -2.47. The van der Waals surface area contributed by atoms with Crippen LogP contribution in [0.25, 0.3) is 5.57 Å². The van der Waals surface area contributed by atoms with Gasteiger partial charge in [-0.2, -0.15) is 5.26 Å². The second-order valence-electron chi connectivity index (χ2n) is 11.9. The molecule has 1 saturated heterocycles. The van der Waals surface area contributed by atoms with E-state index in [2.05, 4.69) is 6.07 Å². The number of hydrogen-bond acceptors (Lipinski definition) is 6. The van der Waals surface area contributed by atoms with Crippen LogP contribution in [-0.2, 0) is 14.9 Å². The zero-order valence-electron chi connectivity index (χ0n) is 24.7. The van der Waals surface area contributed by atoms with Gasteiger partial charge in [0.15, 0.2) is 0 Å². The minimum atomic E-state index is -1.83. The smallest absolute Gasteiger partial charge is 0.337 e. The van der Waals surface area contributed by atoms with Gasteiger partial charge in [0.1, 0.15) is 28.5 Å². The molecule has 0 saturated carbocycles. The molecule has 0 aliphatic carbocycles. The molecule has 0 spiro atoms. The van der Waals surface area contributed by atoms with Gasteiger partial charge in [-0.15, -0.1) is 0 Å². The third kappa shape index (κ3) is 4.96. The SMILES string of the molecule is COC(=O)c1ccc(N2CN3C(=C(c4cccc(Cl)c4F)[C@@](C#N)(c4ccc(Cl)cc4F)[C@@H]3CC(C)(C)C)C2=O)c(OC)c1. The van der Waals surface area contributed by atoms with Crippen LogP contribution < -0.4 is 9.64 Å². The summed E-state index contributed by atoms with van der Waals surface area (Å²) >= 11 is 12.3. The maximum absolute atomic E-state index is 16.0. The number of carbonyl (C=O) groups excluding carboxylic acids is 2. The molecule has 1 fully saturated rings. The summed E-state index contributed by atoms with van der Waals surface area (Å²) < 4.78 is 42.2. The maximum Gasteiger partial charge on any atom is 0.337 e. The van der Waals surface area contributed by atoms with Gasteiger partial charge in [0.2, 0.25) is 0 Å².